The number of halogens is 1. The number of carbonyl (C=O) groups excluding carboxylic acids is 7. The van der Waals surface area contributed by atoms with Crippen LogP contribution in [0.5, 0.6) is 0 Å². The van der Waals surface area contributed by atoms with Crippen molar-refractivity contribution >= 4 is 58.5 Å². The second-order valence-electron chi connectivity index (χ2n) is 18.1. The van der Waals surface area contributed by atoms with E-state index < -0.39 is 89.2 Å². The van der Waals surface area contributed by atoms with Crippen LogP contribution in [0.25, 0.3) is 5.57 Å². The number of unbranched alkanes of at least 4 members (excludes halogenated alkanes) is 1. The van der Waals surface area contributed by atoms with E-state index in [1.807, 2.05) is 0 Å². The molecule has 3 aromatic rings. The predicted octanol–water partition coefficient (Wildman–Crippen LogP) is 2.40. The van der Waals surface area contributed by atoms with Crippen molar-refractivity contribution in [1.82, 2.24) is 25.4 Å². The van der Waals surface area contributed by atoms with Crippen molar-refractivity contribution in [3.05, 3.63) is 109 Å². The number of amides is 6. The normalized spacial score (nSPS) is 20.1. The molecule has 0 saturated heterocycles. The molecule has 0 spiro atoms. The van der Waals surface area contributed by atoms with Gasteiger partial charge in [-0.05, 0) is 110 Å². The summed E-state index contributed by atoms with van der Waals surface area (Å²) < 4.78 is 27.5. The molecule has 0 unspecified atom stereocenters. The summed E-state index contributed by atoms with van der Waals surface area (Å²) in [7, 11) is 0. The quantitative estimate of drug-likeness (QED) is 0.0471. The van der Waals surface area contributed by atoms with E-state index in [1.54, 1.807) is 62.6 Å². The Hall–Kier alpha value is -7.19. The van der Waals surface area contributed by atoms with Gasteiger partial charge in [0.05, 0.1) is 11.6 Å². The second-order valence-corrected chi connectivity index (χ2v) is 18.1. The van der Waals surface area contributed by atoms with Gasteiger partial charge >= 0.3 is 12.1 Å². The van der Waals surface area contributed by atoms with Crippen molar-refractivity contribution in [2.45, 2.75) is 116 Å². The molecule has 19 nitrogen and oxygen atoms in total. The van der Waals surface area contributed by atoms with E-state index in [4.69, 9.17) is 20.9 Å². The maximum atomic E-state index is 15.0. The second kappa shape index (κ2) is 20.6. The summed E-state index contributed by atoms with van der Waals surface area (Å²) in [5.74, 6) is -4.89. The summed E-state index contributed by atoms with van der Waals surface area (Å²) in [6.45, 7) is 6.16. The fraction of sp³-hybridized carbons (Fsp3) is 0.429. The largest absolute Gasteiger partial charge is 0.458 e. The predicted molar refractivity (Wildman–Crippen MR) is 249 cm³/mol. The van der Waals surface area contributed by atoms with Gasteiger partial charge in [0, 0.05) is 53.3 Å². The number of nitrogens with zero attached hydrogens (tertiary/aromatic N) is 2. The van der Waals surface area contributed by atoms with E-state index in [2.05, 4.69) is 21.3 Å². The molecule has 69 heavy (non-hydrogen) atoms. The molecule has 0 fully saturated rings. The van der Waals surface area contributed by atoms with Gasteiger partial charge in [0.2, 0.25) is 17.7 Å². The maximum Gasteiger partial charge on any atom is 0.407 e. The summed E-state index contributed by atoms with van der Waals surface area (Å²) in [5, 5.41) is 22.3. The van der Waals surface area contributed by atoms with Gasteiger partial charge in [-0.25, -0.2) is 14.0 Å². The van der Waals surface area contributed by atoms with Crippen molar-refractivity contribution in [3.63, 3.8) is 0 Å². The number of pyridine rings is 1. The first-order valence-corrected chi connectivity index (χ1v) is 23.0. The lowest BCUT2D eigenvalue weighted by Gasteiger charge is -2.32. The van der Waals surface area contributed by atoms with Crippen LogP contribution in [-0.4, -0.2) is 87.4 Å². The number of nitrogens with two attached hydrogens (primary N) is 2. The molecule has 366 valence electrons. The average Bonchev–Trinajstić information content (AvgIpc) is 3.89. The molecular weight excluding hydrogens is 896 g/mol. The summed E-state index contributed by atoms with van der Waals surface area (Å²) in [4.78, 5) is 105. The average molecular weight is 953 g/mol. The lowest BCUT2D eigenvalue weighted by Crippen LogP contribution is -2.56. The number of alkyl carbamates (subject to hydrolysis) is 1. The minimum Gasteiger partial charge on any atom is -0.458 e. The Morgan fingerprint density at radius 2 is 1.71 bits per heavy atom. The summed E-state index contributed by atoms with van der Waals surface area (Å²) in [6.07, 6.45) is 3.64. The Kier molecular flexibility index (Phi) is 14.8. The third-order valence-corrected chi connectivity index (χ3v) is 13.2. The Morgan fingerprint density at radius 3 is 2.38 bits per heavy atom. The van der Waals surface area contributed by atoms with Crippen molar-refractivity contribution in [2.24, 2.45) is 11.7 Å². The summed E-state index contributed by atoms with van der Waals surface area (Å²) in [6, 6.07) is 6.64. The Balaban J connectivity index is 1.02. The van der Waals surface area contributed by atoms with Crippen LogP contribution in [0.4, 0.5) is 20.6 Å². The molecule has 4 atom stereocenters. The number of esters is 1. The molecule has 4 aliphatic rings. The van der Waals surface area contributed by atoms with E-state index in [0.29, 0.717) is 71.4 Å². The van der Waals surface area contributed by atoms with Crippen LogP contribution < -0.4 is 38.3 Å². The molecule has 7 rings (SSSR count). The zero-order valence-corrected chi connectivity index (χ0v) is 38.9. The molecule has 0 saturated carbocycles. The number of rotatable bonds is 16. The van der Waals surface area contributed by atoms with Gasteiger partial charge < -0.3 is 51.9 Å². The number of nitrogens with one attached hydrogen (secondary N) is 4. The number of imide groups is 1. The van der Waals surface area contributed by atoms with Crippen molar-refractivity contribution in [3.8, 4) is 0 Å². The molecule has 4 heterocycles. The molecule has 6 amide bonds. The van der Waals surface area contributed by atoms with Gasteiger partial charge in [-0.15, -0.1) is 0 Å². The first kappa shape index (κ1) is 49.7. The van der Waals surface area contributed by atoms with Gasteiger partial charge in [-0.2, -0.15) is 0 Å². The monoisotopic (exact) mass is 952 g/mol. The molecule has 1 aliphatic carbocycles. The third-order valence-electron chi connectivity index (χ3n) is 13.2. The third kappa shape index (κ3) is 10.3. The smallest absolute Gasteiger partial charge is 0.407 e. The number of cyclic esters (lactones) is 1. The topological polar surface area (TPSA) is 284 Å². The highest BCUT2D eigenvalue weighted by Gasteiger charge is 2.45. The number of aliphatic hydroxyl groups is 1. The lowest BCUT2D eigenvalue weighted by atomic mass is 9.78. The van der Waals surface area contributed by atoms with E-state index in [9.17, 15) is 43.5 Å². The number of ether oxygens (including phenoxy) is 2. The summed E-state index contributed by atoms with van der Waals surface area (Å²) >= 11 is 0. The lowest BCUT2D eigenvalue weighted by molar-refractivity contribution is -0.172. The minimum absolute atomic E-state index is 0.00220. The highest BCUT2D eigenvalue weighted by Crippen LogP contribution is 2.43. The number of fused-ring (bicyclic) bond motifs is 3. The number of benzene rings is 2. The number of aromatic nitrogens is 1. The number of hydrogen-bond donors (Lipinski definition) is 7. The first-order valence-electron chi connectivity index (χ1n) is 23.0. The standard InChI is InChI=1S/C49H57FN8O11/c1-5-49(67)33-19-30-18-28(21-57(30)46(64)32(33)24-68-47(49)65)41-36(14-13-31-26(4)34(50)20-35(52)42(31)41)55-48(66)69-23-27-9-11-29(12-10-27)53-44(62)37(8-6-7-17-51)54-45(63)43(25(2)3)56-38(59)22-58-39(60)15-16-40(58)61/h9-12,15-16,19-20,25,36-37,43,67H,5-8,13-14,17-18,21-24,51-52H2,1-4H3,(H,53,62)(H,54,63)(H,55,66)(H,56,59)/b41-28+/t36-,37-,43-,49-/m0/s1. The van der Waals surface area contributed by atoms with Crippen LogP contribution in [0.1, 0.15) is 91.9 Å². The molecule has 3 aliphatic heterocycles. The molecule has 0 radical (unpaired) electrons. The molecule has 0 bridgehead atoms. The fourth-order valence-corrected chi connectivity index (χ4v) is 9.30. The molecular formula is C49H57FN8O11. The number of hydrogen-bond acceptors (Lipinski definition) is 13. The maximum absolute atomic E-state index is 15.0. The number of anilines is 2. The Morgan fingerprint density at radius 1 is 1.00 bits per heavy atom. The number of nitrogen functional groups attached to an aromatic ring is 1. The van der Waals surface area contributed by atoms with Crippen molar-refractivity contribution in [1.29, 1.82) is 0 Å². The molecule has 9 N–H and O–H groups in total. The van der Waals surface area contributed by atoms with Gasteiger partial charge in [0.1, 0.15) is 37.7 Å². The van der Waals surface area contributed by atoms with Crippen LogP contribution in [0.3, 0.4) is 0 Å². The van der Waals surface area contributed by atoms with Crippen molar-refractivity contribution in [2.75, 3.05) is 24.1 Å². The van der Waals surface area contributed by atoms with Gasteiger partial charge in [-0.3, -0.25) is 33.7 Å². The van der Waals surface area contributed by atoms with Gasteiger partial charge in [0.25, 0.3) is 17.4 Å². The highest BCUT2D eigenvalue weighted by molar-refractivity contribution is 6.14. The van der Waals surface area contributed by atoms with Crippen molar-refractivity contribution < 1.29 is 52.5 Å². The molecule has 20 heteroatoms. The van der Waals surface area contributed by atoms with Crippen LogP contribution in [0.15, 0.2) is 58.9 Å². The zero-order valence-electron chi connectivity index (χ0n) is 38.9. The van der Waals surface area contributed by atoms with Gasteiger partial charge in [0.15, 0.2) is 5.60 Å². The Bertz CT molecular complexity index is 2710. The SMILES string of the molecule is CC[C@@]1(O)C(=O)OCc2c1cc1n(c2=O)C/C(=C2/c3c(N)cc(F)c(C)c3CC[C@@H]2NC(=O)OCc2ccc(NC(=O)[C@H](CCCCN)NC(=O)[C@@H](NC(=O)CN3C(=O)C=CC3=O)C(C)C)cc2)C1. The molecule has 2 aromatic carbocycles. The van der Waals surface area contributed by atoms with E-state index >= 15 is 4.39 Å². The first-order chi connectivity index (χ1) is 32.8. The van der Waals surface area contributed by atoms with E-state index in [-0.39, 0.29) is 55.8 Å². The van der Waals surface area contributed by atoms with Gasteiger partial charge in [-0.1, -0.05) is 32.9 Å². The van der Waals surface area contributed by atoms with Crippen LogP contribution >= 0.6 is 0 Å². The van der Waals surface area contributed by atoms with E-state index in [1.165, 1.54) is 6.07 Å². The zero-order chi connectivity index (χ0) is 49.9. The number of carbonyl (C=O) groups is 7. The minimum atomic E-state index is -1.98. The van der Waals surface area contributed by atoms with Crippen LogP contribution in [0.2, 0.25) is 0 Å². The fourth-order valence-electron chi connectivity index (χ4n) is 9.30. The Labute approximate surface area is 396 Å². The number of allylic oxidation sites excluding steroid dienone is 1. The highest BCUT2D eigenvalue weighted by atomic mass is 19.1. The van der Waals surface area contributed by atoms with E-state index in [0.717, 1.165) is 22.6 Å². The van der Waals surface area contributed by atoms with Crippen LogP contribution in [0, 0.1) is 18.7 Å². The van der Waals surface area contributed by atoms with Crippen LogP contribution in [-0.2, 0) is 76.4 Å². The summed E-state index contributed by atoms with van der Waals surface area (Å²) in [5.41, 5.74) is 14.9. The molecule has 1 aromatic heterocycles.